The summed E-state index contributed by atoms with van der Waals surface area (Å²) in [6, 6.07) is 7.61. The molecule has 0 aromatic carbocycles. The van der Waals surface area contributed by atoms with Gasteiger partial charge in [-0.2, -0.15) is 0 Å². The number of carbonyl (C=O) groups excluding carboxylic acids is 2. The van der Waals surface area contributed by atoms with Crippen molar-refractivity contribution in [2.45, 2.75) is 19.9 Å². The predicted octanol–water partition coefficient (Wildman–Crippen LogP) is 3.06. The van der Waals surface area contributed by atoms with Gasteiger partial charge in [-0.05, 0) is 29.3 Å². The highest BCUT2D eigenvalue weighted by Crippen LogP contribution is 2.23. The number of hydrogen-bond acceptors (Lipinski definition) is 8. The summed E-state index contributed by atoms with van der Waals surface area (Å²) in [5.41, 5.74) is 0. The maximum atomic E-state index is 13.0. The quantitative estimate of drug-likeness (QED) is 0.515. The number of hydrogen-bond donors (Lipinski definition) is 0. The van der Waals surface area contributed by atoms with Gasteiger partial charge in [-0.15, -0.1) is 32.9 Å². The molecule has 0 atom stereocenters. The molecule has 0 unspecified atom stereocenters. The van der Waals surface area contributed by atoms with Gasteiger partial charge in [-0.1, -0.05) is 19.1 Å². The van der Waals surface area contributed by atoms with Gasteiger partial charge >= 0.3 is 0 Å². The van der Waals surface area contributed by atoms with Crippen molar-refractivity contribution >= 4 is 34.5 Å². The first-order valence-electron chi connectivity index (χ1n) is 10.3. The van der Waals surface area contributed by atoms with Gasteiger partial charge in [-0.25, -0.2) is 0 Å². The number of carbonyl (C=O) groups is 2. The van der Waals surface area contributed by atoms with Crippen LogP contribution in [0.1, 0.15) is 28.9 Å². The van der Waals surface area contributed by atoms with E-state index in [1.807, 2.05) is 46.8 Å². The molecule has 3 aromatic rings. The van der Waals surface area contributed by atoms with Crippen molar-refractivity contribution in [1.82, 2.24) is 24.9 Å². The fraction of sp³-hybridized carbons (Fsp3) is 0.429. The van der Waals surface area contributed by atoms with E-state index >= 15 is 0 Å². The second kappa shape index (κ2) is 10.2. The Bertz CT molecular complexity index is 979. The van der Waals surface area contributed by atoms with Gasteiger partial charge in [0.2, 0.25) is 11.8 Å². The van der Waals surface area contributed by atoms with Gasteiger partial charge in [0.1, 0.15) is 0 Å². The summed E-state index contributed by atoms with van der Waals surface area (Å²) in [4.78, 5) is 32.9. The van der Waals surface area contributed by atoms with Crippen LogP contribution < -0.4 is 0 Å². The standard InChI is InChI=1S/C21H25N5O3S2/c1-2-7-26(14-18-22-23-20(29-18)16-5-3-12-30-16)19(27)15-24-8-10-25(11-9-24)21(28)17-6-4-13-31-17/h3-6,12-13H,2,7-11,14-15H2,1H3. The Morgan fingerprint density at radius 2 is 1.87 bits per heavy atom. The molecule has 31 heavy (non-hydrogen) atoms. The first-order valence-corrected chi connectivity index (χ1v) is 12.1. The van der Waals surface area contributed by atoms with Gasteiger partial charge in [0.25, 0.3) is 11.8 Å². The van der Waals surface area contributed by atoms with Crippen molar-refractivity contribution in [3.8, 4) is 10.8 Å². The van der Waals surface area contributed by atoms with E-state index in [9.17, 15) is 9.59 Å². The lowest BCUT2D eigenvalue weighted by Gasteiger charge is -2.35. The molecule has 2 amide bonds. The Morgan fingerprint density at radius 3 is 2.55 bits per heavy atom. The van der Waals surface area contributed by atoms with Crippen LogP contribution >= 0.6 is 22.7 Å². The molecule has 1 fully saturated rings. The van der Waals surface area contributed by atoms with E-state index in [0.717, 1.165) is 16.2 Å². The monoisotopic (exact) mass is 459 g/mol. The number of amides is 2. The molecule has 0 saturated carbocycles. The minimum atomic E-state index is 0.0377. The second-order valence-electron chi connectivity index (χ2n) is 7.34. The molecular weight excluding hydrogens is 434 g/mol. The maximum absolute atomic E-state index is 13.0. The van der Waals surface area contributed by atoms with Crippen LogP contribution in [-0.2, 0) is 11.3 Å². The van der Waals surface area contributed by atoms with E-state index in [1.165, 1.54) is 22.7 Å². The summed E-state index contributed by atoms with van der Waals surface area (Å²) in [7, 11) is 0. The van der Waals surface area contributed by atoms with E-state index in [-0.39, 0.29) is 11.8 Å². The number of thiophene rings is 2. The van der Waals surface area contributed by atoms with E-state index in [0.29, 0.717) is 57.6 Å². The van der Waals surface area contributed by atoms with E-state index in [2.05, 4.69) is 15.1 Å². The van der Waals surface area contributed by atoms with E-state index in [4.69, 9.17) is 4.42 Å². The zero-order chi connectivity index (χ0) is 21.6. The largest absolute Gasteiger partial charge is 0.418 e. The SMILES string of the molecule is CCCN(Cc1nnc(-c2cccs2)o1)C(=O)CN1CCN(C(=O)c2cccs2)CC1. The second-order valence-corrected chi connectivity index (χ2v) is 9.23. The van der Waals surface area contributed by atoms with Crippen LogP contribution in [0.5, 0.6) is 0 Å². The van der Waals surface area contributed by atoms with Crippen molar-refractivity contribution in [2.75, 3.05) is 39.3 Å². The van der Waals surface area contributed by atoms with Gasteiger partial charge in [-0.3, -0.25) is 14.5 Å². The zero-order valence-corrected chi connectivity index (χ0v) is 19.0. The van der Waals surface area contributed by atoms with Gasteiger partial charge in [0, 0.05) is 32.7 Å². The molecule has 1 aliphatic heterocycles. The average molecular weight is 460 g/mol. The third-order valence-electron chi connectivity index (χ3n) is 5.12. The summed E-state index contributed by atoms with van der Waals surface area (Å²) in [6.45, 7) is 5.94. The van der Waals surface area contributed by atoms with Crippen LogP contribution in [0.15, 0.2) is 39.4 Å². The lowest BCUT2D eigenvalue weighted by atomic mass is 10.2. The summed E-state index contributed by atoms with van der Waals surface area (Å²) in [5.74, 6) is 1.04. The molecule has 0 radical (unpaired) electrons. The molecule has 8 nitrogen and oxygen atoms in total. The number of nitrogens with zero attached hydrogens (tertiary/aromatic N) is 5. The highest BCUT2D eigenvalue weighted by molar-refractivity contribution is 7.13. The van der Waals surface area contributed by atoms with Crippen LogP contribution in [0.25, 0.3) is 10.8 Å². The molecule has 1 aliphatic rings. The van der Waals surface area contributed by atoms with Crippen LogP contribution in [0.3, 0.4) is 0 Å². The molecule has 1 saturated heterocycles. The van der Waals surface area contributed by atoms with Crippen LogP contribution in [-0.4, -0.2) is 76.0 Å². The summed E-state index contributed by atoms with van der Waals surface area (Å²) in [6.07, 6.45) is 0.848. The van der Waals surface area contributed by atoms with Crippen LogP contribution in [0.4, 0.5) is 0 Å². The Morgan fingerprint density at radius 1 is 1.10 bits per heavy atom. The average Bonchev–Trinajstić information content (AvgIpc) is 3.56. The van der Waals surface area contributed by atoms with Gasteiger partial charge in [0.05, 0.1) is 22.8 Å². The lowest BCUT2D eigenvalue weighted by Crippen LogP contribution is -2.51. The predicted molar refractivity (Wildman–Crippen MR) is 120 cm³/mol. The smallest absolute Gasteiger partial charge is 0.264 e. The molecule has 4 heterocycles. The Hall–Kier alpha value is -2.56. The number of rotatable bonds is 8. The maximum Gasteiger partial charge on any atom is 0.264 e. The van der Waals surface area contributed by atoms with Crippen molar-refractivity contribution in [3.63, 3.8) is 0 Å². The Balaban J connectivity index is 1.30. The van der Waals surface area contributed by atoms with Gasteiger partial charge < -0.3 is 14.2 Å². The summed E-state index contributed by atoms with van der Waals surface area (Å²) < 4.78 is 5.76. The van der Waals surface area contributed by atoms with Crippen molar-refractivity contribution in [1.29, 1.82) is 0 Å². The highest BCUT2D eigenvalue weighted by atomic mass is 32.1. The molecule has 164 valence electrons. The molecule has 0 N–H and O–H groups in total. The molecular formula is C21H25N5O3S2. The van der Waals surface area contributed by atoms with Crippen LogP contribution in [0.2, 0.25) is 0 Å². The Labute approximate surface area is 189 Å². The Kier molecular flexibility index (Phi) is 7.10. The third kappa shape index (κ3) is 5.38. The summed E-state index contributed by atoms with van der Waals surface area (Å²) in [5, 5.41) is 12.1. The van der Waals surface area contributed by atoms with E-state index < -0.39 is 0 Å². The molecule has 3 aromatic heterocycles. The number of aromatic nitrogens is 2. The zero-order valence-electron chi connectivity index (χ0n) is 17.4. The summed E-state index contributed by atoms with van der Waals surface area (Å²) >= 11 is 3.00. The minimum Gasteiger partial charge on any atom is -0.418 e. The van der Waals surface area contributed by atoms with Crippen LogP contribution in [0, 0.1) is 0 Å². The minimum absolute atomic E-state index is 0.0377. The third-order valence-corrected chi connectivity index (χ3v) is 6.84. The molecule has 10 heteroatoms. The van der Waals surface area contributed by atoms with Crippen molar-refractivity contribution < 1.29 is 14.0 Å². The first kappa shape index (κ1) is 21.7. The molecule has 4 rings (SSSR count). The van der Waals surface area contributed by atoms with Crippen molar-refractivity contribution in [2.24, 2.45) is 0 Å². The van der Waals surface area contributed by atoms with Crippen molar-refractivity contribution in [3.05, 3.63) is 45.8 Å². The molecule has 0 bridgehead atoms. The number of piperazine rings is 1. The molecule has 0 aliphatic carbocycles. The molecule has 0 spiro atoms. The van der Waals surface area contributed by atoms with Gasteiger partial charge in [0.15, 0.2) is 0 Å². The highest BCUT2D eigenvalue weighted by Gasteiger charge is 2.26. The first-order chi connectivity index (χ1) is 15.1. The fourth-order valence-corrected chi connectivity index (χ4v) is 4.83. The fourth-order valence-electron chi connectivity index (χ4n) is 3.50. The normalized spacial score (nSPS) is 14.7. The van der Waals surface area contributed by atoms with E-state index in [1.54, 1.807) is 4.90 Å². The lowest BCUT2D eigenvalue weighted by molar-refractivity contribution is -0.133. The topological polar surface area (TPSA) is 82.8 Å².